The molecule has 1 rings (SSSR count). The third-order valence-electron chi connectivity index (χ3n) is 1.16. The summed E-state index contributed by atoms with van der Waals surface area (Å²) in [5, 5.41) is 3.19. The van der Waals surface area contributed by atoms with Gasteiger partial charge in [-0.05, 0) is 12.6 Å². The van der Waals surface area contributed by atoms with Crippen LogP contribution < -0.4 is 5.32 Å². The summed E-state index contributed by atoms with van der Waals surface area (Å²) < 4.78 is 4.87. The minimum Gasteiger partial charge on any atom is -0.472 e. The average Bonchev–Trinajstić information content (AvgIpc) is 2.34. The van der Waals surface area contributed by atoms with Gasteiger partial charge < -0.3 is 9.73 Å². The third kappa shape index (κ3) is 1.90. The maximum atomic E-state index is 4.87. The highest BCUT2D eigenvalue weighted by Gasteiger charge is 1.89. The van der Waals surface area contributed by atoms with E-state index in [0.717, 1.165) is 13.1 Å². The van der Waals surface area contributed by atoms with E-state index in [1.54, 1.807) is 12.5 Å². The van der Waals surface area contributed by atoms with E-state index in [1.807, 2.05) is 6.07 Å². The summed E-state index contributed by atoms with van der Waals surface area (Å²) in [6, 6.07) is 1.96. The molecule has 1 aromatic heterocycles. The quantitative estimate of drug-likeness (QED) is 0.660. The fraction of sp³-hybridized carbons (Fsp3) is 0.429. The van der Waals surface area contributed by atoms with Gasteiger partial charge >= 0.3 is 0 Å². The van der Waals surface area contributed by atoms with Crippen molar-refractivity contribution in [1.82, 2.24) is 5.32 Å². The Hall–Kier alpha value is -0.760. The zero-order valence-electron chi connectivity index (χ0n) is 5.55. The molecule has 0 amide bonds. The molecule has 0 saturated heterocycles. The van der Waals surface area contributed by atoms with Crippen LogP contribution in [0.25, 0.3) is 0 Å². The molecule has 0 aliphatic heterocycles. The Balaban J connectivity index is 2.30. The summed E-state index contributed by atoms with van der Waals surface area (Å²) in [5.74, 6) is 0. The normalized spacial score (nSPS) is 9.89. The molecule has 0 aliphatic rings. The number of rotatable bonds is 3. The van der Waals surface area contributed by atoms with Gasteiger partial charge in [-0.3, -0.25) is 0 Å². The molecule has 1 N–H and O–H groups in total. The molecule has 1 heterocycles. The van der Waals surface area contributed by atoms with Crippen molar-refractivity contribution in [2.75, 3.05) is 6.54 Å². The van der Waals surface area contributed by atoms with Crippen molar-refractivity contribution >= 4 is 0 Å². The lowest BCUT2D eigenvalue weighted by Gasteiger charge is -1.94. The molecule has 2 heteroatoms. The molecule has 0 fully saturated rings. The van der Waals surface area contributed by atoms with Gasteiger partial charge in [-0.1, -0.05) is 6.92 Å². The highest BCUT2D eigenvalue weighted by molar-refractivity contribution is 5.04. The highest BCUT2D eigenvalue weighted by atomic mass is 16.3. The monoisotopic (exact) mass is 125 g/mol. The van der Waals surface area contributed by atoms with Gasteiger partial charge in [-0.25, -0.2) is 0 Å². The second kappa shape index (κ2) is 3.30. The fourth-order valence-corrected chi connectivity index (χ4v) is 0.663. The van der Waals surface area contributed by atoms with E-state index in [1.165, 1.54) is 5.56 Å². The van der Waals surface area contributed by atoms with Gasteiger partial charge in [0.25, 0.3) is 0 Å². The van der Waals surface area contributed by atoms with Gasteiger partial charge in [0.2, 0.25) is 0 Å². The van der Waals surface area contributed by atoms with Crippen molar-refractivity contribution in [3.63, 3.8) is 0 Å². The largest absolute Gasteiger partial charge is 0.472 e. The van der Waals surface area contributed by atoms with Gasteiger partial charge in [-0.2, -0.15) is 0 Å². The second-order valence-electron chi connectivity index (χ2n) is 1.91. The Morgan fingerprint density at radius 2 is 2.56 bits per heavy atom. The maximum absolute atomic E-state index is 4.87. The van der Waals surface area contributed by atoms with Gasteiger partial charge in [0.05, 0.1) is 12.5 Å². The van der Waals surface area contributed by atoms with Crippen LogP contribution >= 0.6 is 0 Å². The first-order valence-corrected chi connectivity index (χ1v) is 3.15. The lowest BCUT2D eigenvalue weighted by Crippen LogP contribution is -2.10. The topological polar surface area (TPSA) is 25.2 Å². The van der Waals surface area contributed by atoms with Crippen LogP contribution in [0.1, 0.15) is 12.5 Å². The van der Waals surface area contributed by atoms with E-state index in [-0.39, 0.29) is 0 Å². The lowest BCUT2D eigenvalue weighted by atomic mass is 10.3. The van der Waals surface area contributed by atoms with Crippen molar-refractivity contribution in [3.8, 4) is 0 Å². The first-order valence-electron chi connectivity index (χ1n) is 3.15. The van der Waals surface area contributed by atoms with Crippen LogP contribution in [0, 0.1) is 0 Å². The molecular formula is C7H11NO. The number of hydrogen-bond donors (Lipinski definition) is 1. The van der Waals surface area contributed by atoms with E-state index in [4.69, 9.17) is 4.42 Å². The van der Waals surface area contributed by atoms with E-state index in [0.29, 0.717) is 0 Å². The Bertz CT molecular complexity index is 146. The smallest absolute Gasteiger partial charge is 0.0947 e. The van der Waals surface area contributed by atoms with Gasteiger partial charge in [0, 0.05) is 12.1 Å². The molecule has 0 unspecified atom stereocenters. The molecule has 0 saturated carbocycles. The molecule has 9 heavy (non-hydrogen) atoms. The summed E-state index contributed by atoms with van der Waals surface area (Å²) in [6.45, 7) is 4.00. The number of nitrogens with one attached hydrogen (secondary N) is 1. The van der Waals surface area contributed by atoms with Crippen molar-refractivity contribution in [1.29, 1.82) is 0 Å². The summed E-state index contributed by atoms with van der Waals surface area (Å²) in [5.41, 5.74) is 1.21. The minimum atomic E-state index is 0.910. The lowest BCUT2D eigenvalue weighted by molar-refractivity contribution is 0.561. The van der Waals surface area contributed by atoms with Crippen LogP contribution in [0.3, 0.4) is 0 Å². The zero-order chi connectivity index (χ0) is 6.53. The van der Waals surface area contributed by atoms with E-state index < -0.39 is 0 Å². The highest BCUT2D eigenvalue weighted by Crippen LogP contribution is 1.97. The van der Waals surface area contributed by atoms with Crippen LogP contribution in [-0.4, -0.2) is 6.54 Å². The second-order valence-corrected chi connectivity index (χ2v) is 1.91. The molecule has 50 valence electrons. The molecule has 0 aliphatic carbocycles. The van der Waals surface area contributed by atoms with Crippen LogP contribution in [0.5, 0.6) is 0 Å². The van der Waals surface area contributed by atoms with E-state index in [2.05, 4.69) is 12.2 Å². The Morgan fingerprint density at radius 3 is 3.11 bits per heavy atom. The zero-order valence-corrected chi connectivity index (χ0v) is 5.55. The Kier molecular flexibility index (Phi) is 2.33. The SMILES string of the molecule is CCNCc1ccoc1. The molecule has 0 atom stereocenters. The standard InChI is InChI=1S/C7H11NO/c1-2-8-5-7-3-4-9-6-7/h3-4,6,8H,2,5H2,1H3. The van der Waals surface area contributed by atoms with E-state index >= 15 is 0 Å². The van der Waals surface area contributed by atoms with Gasteiger partial charge in [-0.15, -0.1) is 0 Å². The van der Waals surface area contributed by atoms with Crippen LogP contribution in [0.15, 0.2) is 23.0 Å². The summed E-state index contributed by atoms with van der Waals surface area (Å²) in [4.78, 5) is 0. The van der Waals surface area contributed by atoms with Gasteiger partial charge in [0.15, 0.2) is 0 Å². The van der Waals surface area contributed by atoms with Crippen molar-refractivity contribution in [3.05, 3.63) is 24.2 Å². The summed E-state index contributed by atoms with van der Waals surface area (Å²) in [6.07, 6.45) is 3.44. The number of furan rings is 1. The first kappa shape index (κ1) is 6.36. The first-order chi connectivity index (χ1) is 4.43. The molecule has 0 spiro atoms. The van der Waals surface area contributed by atoms with Gasteiger partial charge in [0.1, 0.15) is 0 Å². The van der Waals surface area contributed by atoms with E-state index in [9.17, 15) is 0 Å². The minimum absolute atomic E-state index is 0.910. The average molecular weight is 125 g/mol. The predicted molar refractivity (Wildman–Crippen MR) is 36.1 cm³/mol. The summed E-state index contributed by atoms with van der Waals surface area (Å²) >= 11 is 0. The maximum Gasteiger partial charge on any atom is 0.0947 e. The molecule has 0 aromatic carbocycles. The van der Waals surface area contributed by atoms with Crippen molar-refractivity contribution in [2.45, 2.75) is 13.5 Å². The van der Waals surface area contributed by atoms with Crippen LogP contribution in [0.4, 0.5) is 0 Å². The summed E-state index contributed by atoms with van der Waals surface area (Å²) in [7, 11) is 0. The molecule has 0 radical (unpaired) electrons. The molecule has 2 nitrogen and oxygen atoms in total. The molecule has 1 aromatic rings. The van der Waals surface area contributed by atoms with Crippen molar-refractivity contribution < 1.29 is 4.42 Å². The van der Waals surface area contributed by atoms with Crippen LogP contribution in [-0.2, 0) is 6.54 Å². The van der Waals surface area contributed by atoms with Crippen molar-refractivity contribution in [2.24, 2.45) is 0 Å². The Morgan fingerprint density at radius 1 is 1.67 bits per heavy atom. The Labute approximate surface area is 54.9 Å². The number of hydrogen-bond acceptors (Lipinski definition) is 2. The molecule has 0 bridgehead atoms. The molecular weight excluding hydrogens is 114 g/mol. The van der Waals surface area contributed by atoms with Crippen LogP contribution in [0.2, 0.25) is 0 Å². The third-order valence-corrected chi connectivity index (χ3v) is 1.16. The fourth-order valence-electron chi connectivity index (χ4n) is 0.663. The predicted octanol–water partition coefficient (Wildman–Crippen LogP) is 1.39.